The van der Waals surface area contributed by atoms with Crippen LogP contribution in [0.25, 0.3) is 0 Å². The molecule has 0 radical (unpaired) electrons. The zero-order valence-corrected chi connectivity index (χ0v) is 14.3. The number of ether oxygens (including phenoxy) is 1. The third-order valence-electron chi connectivity index (χ3n) is 3.39. The normalized spacial score (nSPS) is 12.3. The Morgan fingerprint density at radius 3 is 2.60 bits per heavy atom. The summed E-state index contributed by atoms with van der Waals surface area (Å²) in [5.41, 5.74) is 1.03. The van der Waals surface area contributed by atoms with E-state index in [1.54, 1.807) is 11.9 Å². The lowest BCUT2D eigenvalue weighted by molar-refractivity contribution is -0.133. The number of hydrogen-bond donors (Lipinski definition) is 1. The molecule has 0 aliphatic rings. The summed E-state index contributed by atoms with van der Waals surface area (Å²) in [6, 6.07) is 6.13. The van der Waals surface area contributed by atoms with Crippen LogP contribution in [0.2, 0.25) is 0 Å². The number of carbonyl (C=O) groups is 1. The first kappa shape index (κ1) is 17.0. The summed E-state index contributed by atoms with van der Waals surface area (Å²) in [4.78, 5) is 13.6. The van der Waals surface area contributed by atoms with Crippen LogP contribution in [0, 0.1) is 0 Å². The molecular weight excluding hydrogens is 320 g/mol. The first-order valence-corrected chi connectivity index (χ1v) is 7.51. The van der Waals surface area contributed by atoms with Crippen molar-refractivity contribution in [2.75, 3.05) is 20.7 Å². The molecule has 20 heavy (non-hydrogen) atoms. The largest absolute Gasteiger partial charge is 0.483 e. The predicted octanol–water partition coefficient (Wildman–Crippen LogP) is 2.98. The van der Waals surface area contributed by atoms with E-state index >= 15 is 0 Å². The minimum absolute atomic E-state index is 0.0222. The van der Waals surface area contributed by atoms with Crippen LogP contribution in [-0.4, -0.2) is 37.6 Å². The van der Waals surface area contributed by atoms with Crippen LogP contribution in [0.4, 0.5) is 0 Å². The van der Waals surface area contributed by atoms with Crippen molar-refractivity contribution in [1.82, 2.24) is 10.2 Å². The number of hydrogen-bond acceptors (Lipinski definition) is 3. The number of likely N-dealkylation sites (N-methyl/N-ethyl adjacent to an activating group) is 1. The van der Waals surface area contributed by atoms with Gasteiger partial charge in [0.15, 0.2) is 6.61 Å². The average Bonchev–Trinajstić information content (AvgIpc) is 2.43. The maximum absolute atomic E-state index is 12.0. The molecule has 0 aliphatic carbocycles. The lowest BCUT2D eigenvalue weighted by Gasteiger charge is -2.22. The summed E-state index contributed by atoms with van der Waals surface area (Å²) in [6.45, 7) is 6.06. The molecule has 0 aliphatic heterocycles. The van der Waals surface area contributed by atoms with Crippen molar-refractivity contribution in [1.29, 1.82) is 0 Å². The molecule has 112 valence electrons. The fraction of sp³-hybridized carbons (Fsp3) is 0.533. The second kappa shape index (κ2) is 7.64. The van der Waals surface area contributed by atoms with E-state index in [-0.39, 0.29) is 24.6 Å². The number of nitrogens with zero attached hydrogens (tertiary/aromatic N) is 1. The van der Waals surface area contributed by atoms with Crippen molar-refractivity contribution in [3.8, 4) is 5.75 Å². The highest BCUT2D eigenvalue weighted by Crippen LogP contribution is 2.28. The van der Waals surface area contributed by atoms with E-state index in [1.807, 2.05) is 39.1 Å². The minimum Gasteiger partial charge on any atom is -0.483 e. The summed E-state index contributed by atoms with van der Waals surface area (Å²) in [5, 5.41) is 3.18. The van der Waals surface area contributed by atoms with Gasteiger partial charge in [0.05, 0.1) is 0 Å². The summed E-state index contributed by atoms with van der Waals surface area (Å²) in [7, 11) is 3.68. The third kappa shape index (κ3) is 4.49. The van der Waals surface area contributed by atoms with Gasteiger partial charge in [-0.15, -0.1) is 0 Å². The van der Waals surface area contributed by atoms with Crippen LogP contribution >= 0.6 is 15.9 Å². The molecule has 1 atom stereocenters. The van der Waals surface area contributed by atoms with Crippen LogP contribution in [-0.2, 0) is 4.79 Å². The predicted molar refractivity (Wildman–Crippen MR) is 85.0 cm³/mol. The molecule has 0 saturated heterocycles. The SMILES string of the molecule is CNC(C)c1cc(Br)ccc1OCC(=O)N(C)C(C)C. The molecule has 0 aromatic heterocycles. The quantitative estimate of drug-likeness (QED) is 0.863. The Hall–Kier alpha value is -1.07. The molecule has 0 saturated carbocycles. The first-order valence-electron chi connectivity index (χ1n) is 6.72. The summed E-state index contributed by atoms with van der Waals surface area (Å²) in [6.07, 6.45) is 0. The van der Waals surface area contributed by atoms with Crippen LogP contribution in [0.3, 0.4) is 0 Å². The number of halogens is 1. The molecule has 1 rings (SSSR count). The maximum atomic E-state index is 12.0. The fourth-order valence-electron chi connectivity index (χ4n) is 1.67. The smallest absolute Gasteiger partial charge is 0.260 e. The van der Waals surface area contributed by atoms with Crippen LogP contribution in [0.15, 0.2) is 22.7 Å². The third-order valence-corrected chi connectivity index (χ3v) is 3.88. The summed E-state index contributed by atoms with van der Waals surface area (Å²) >= 11 is 3.46. The van der Waals surface area contributed by atoms with Gasteiger partial charge in [-0.3, -0.25) is 4.79 Å². The Morgan fingerprint density at radius 2 is 2.05 bits per heavy atom. The van der Waals surface area contributed by atoms with Gasteiger partial charge in [0.1, 0.15) is 5.75 Å². The van der Waals surface area contributed by atoms with Crippen LogP contribution in [0.5, 0.6) is 5.75 Å². The molecular formula is C15H23BrN2O2. The van der Waals surface area contributed by atoms with E-state index in [0.717, 1.165) is 15.8 Å². The topological polar surface area (TPSA) is 41.6 Å². The number of carbonyl (C=O) groups excluding carboxylic acids is 1. The summed E-state index contributed by atoms with van der Waals surface area (Å²) in [5.74, 6) is 0.714. The Kier molecular flexibility index (Phi) is 6.49. The minimum atomic E-state index is -0.0222. The molecule has 0 fully saturated rings. The Morgan fingerprint density at radius 1 is 1.40 bits per heavy atom. The van der Waals surface area contributed by atoms with Gasteiger partial charge in [0, 0.05) is 29.2 Å². The van der Waals surface area contributed by atoms with Crippen LogP contribution in [0.1, 0.15) is 32.4 Å². The van der Waals surface area contributed by atoms with Gasteiger partial charge in [-0.2, -0.15) is 0 Å². The second-order valence-electron chi connectivity index (χ2n) is 5.08. The van der Waals surface area contributed by atoms with Crippen molar-refractivity contribution < 1.29 is 9.53 Å². The van der Waals surface area contributed by atoms with E-state index in [9.17, 15) is 4.79 Å². The zero-order valence-electron chi connectivity index (χ0n) is 12.7. The molecule has 4 nitrogen and oxygen atoms in total. The lowest BCUT2D eigenvalue weighted by Crippen LogP contribution is -2.36. The Bertz CT molecular complexity index is 463. The van der Waals surface area contributed by atoms with E-state index < -0.39 is 0 Å². The van der Waals surface area contributed by atoms with Gasteiger partial charge in [0.25, 0.3) is 5.91 Å². The molecule has 5 heteroatoms. The monoisotopic (exact) mass is 342 g/mol. The van der Waals surface area contributed by atoms with Gasteiger partial charge >= 0.3 is 0 Å². The van der Waals surface area contributed by atoms with Crippen molar-refractivity contribution in [3.05, 3.63) is 28.2 Å². The molecule has 1 unspecified atom stereocenters. The number of rotatable bonds is 6. The van der Waals surface area contributed by atoms with Crippen molar-refractivity contribution in [2.45, 2.75) is 32.9 Å². The number of benzene rings is 1. The number of amides is 1. The first-order chi connectivity index (χ1) is 9.36. The van der Waals surface area contributed by atoms with E-state index in [0.29, 0.717) is 0 Å². The lowest BCUT2D eigenvalue weighted by atomic mass is 10.1. The molecule has 1 aromatic carbocycles. The van der Waals surface area contributed by atoms with E-state index in [1.165, 1.54) is 0 Å². The molecule has 0 heterocycles. The number of nitrogens with one attached hydrogen (secondary N) is 1. The van der Waals surface area contributed by atoms with Crippen molar-refractivity contribution in [2.24, 2.45) is 0 Å². The van der Waals surface area contributed by atoms with Crippen molar-refractivity contribution in [3.63, 3.8) is 0 Å². The van der Waals surface area contributed by atoms with Gasteiger partial charge in [0.2, 0.25) is 0 Å². The van der Waals surface area contributed by atoms with Gasteiger partial charge in [-0.1, -0.05) is 15.9 Å². The summed E-state index contributed by atoms with van der Waals surface area (Å²) < 4.78 is 6.69. The molecule has 1 N–H and O–H groups in total. The van der Waals surface area contributed by atoms with Crippen LogP contribution < -0.4 is 10.1 Å². The molecule has 1 aromatic rings. The van der Waals surface area contributed by atoms with Gasteiger partial charge < -0.3 is 15.0 Å². The highest BCUT2D eigenvalue weighted by Gasteiger charge is 2.15. The highest BCUT2D eigenvalue weighted by atomic mass is 79.9. The zero-order chi connectivity index (χ0) is 15.3. The van der Waals surface area contributed by atoms with E-state index in [2.05, 4.69) is 28.2 Å². The average molecular weight is 343 g/mol. The standard InChI is InChI=1S/C15H23BrN2O2/c1-10(2)18(5)15(19)9-20-14-7-6-12(16)8-13(14)11(3)17-4/h6-8,10-11,17H,9H2,1-5H3. The molecule has 0 spiro atoms. The van der Waals surface area contributed by atoms with Gasteiger partial charge in [-0.05, 0) is 46.0 Å². The molecule has 1 amide bonds. The molecule has 0 bridgehead atoms. The Balaban J connectivity index is 2.80. The Labute approximate surface area is 129 Å². The maximum Gasteiger partial charge on any atom is 0.260 e. The fourth-order valence-corrected chi connectivity index (χ4v) is 2.05. The highest BCUT2D eigenvalue weighted by molar-refractivity contribution is 9.10. The van der Waals surface area contributed by atoms with Crippen molar-refractivity contribution >= 4 is 21.8 Å². The van der Waals surface area contributed by atoms with E-state index in [4.69, 9.17) is 4.74 Å². The second-order valence-corrected chi connectivity index (χ2v) is 6.00. The van der Waals surface area contributed by atoms with Gasteiger partial charge in [-0.25, -0.2) is 0 Å².